The summed E-state index contributed by atoms with van der Waals surface area (Å²) in [7, 11) is 0. The average molecular weight is 373 g/mol. The molecule has 0 radical (unpaired) electrons. The van der Waals surface area contributed by atoms with E-state index in [1.165, 1.54) is 6.33 Å². The molecule has 0 amide bonds. The van der Waals surface area contributed by atoms with E-state index in [1.54, 1.807) is 0 Å². The summed E-state index contributed by atoms with van der Waals surface area (Å²) in [4.78, 5) is 8.84. The molecule has 0 aliphatic carbocycles. The van der Waals surface area contributed by atoms with Crippen LogP contribution in [-0.4, -0.2) is 36.0 Å². The third-order valence-corrected chi connectivity index (χ3v) is 4.71. The first-order valence-corrected chi connectivity index (χ1v) is 9.25. The molecule has 1 aliphatic heterocycles. The average Bonchev–Trinajstić information content (AvgIpc) is 3.41. The lowest BCUT2D eigenvalue weighted by Gasteiger charge is -2.12. The quantitative estimate of drug-likeness (QED) is 0.561. The first-order valence-electron chi connectivity index (χ1n) is 9.25. The summed E-state index contributed by atoms with van der Waals surface area (Å²) >= 11 is 0. The molecule has 6 heteroatoms. The van der Waals surface area contributed by atoms with Gasteiger partial charge in [-0.3, -0.25) is 0 Å². The smallest absolute Gasteiger partial charge is 0.232 e. The second-order valence-electron chi connectivity index (χ2n) is 6.49. The number of aromatic nitrogens is 2. The van der Waals surface area contributed by atoms with E-state index in [2.05, 4.69) is 27.4 Å². The van der Waals surface area contributed by atoms with Crippen LogP contribution in [0.15, 0.2) is 71.4 Å². The Morgan fingerprint density at radius 3 is 2.25 bits per heavy atom. The predicted octanol–water partition coefficient (Wildman–Crippen LogP) is 4.34. The summed E-state index contributed by atoms with van der Waals surface area (Å²) in [5.74, 6) is 1.48. The Kier molecular flexibility index (Phi) is 4.48. The van der Waals surface area contributed by atoms with Crippen molar-refractivity contribution in [2.75, 3.05) is 25.1 Å². The van der Waals surface area contributed by atoms with Gasteiger partial charge in [0.2, 0.25) is 5.71 Å². The molecule has 2 aromatic carbocycles. The fraction of sp³-hybridized carbons (Fsp3) is 0.182. The molecule has 1 N–H and O–H groups in total. The van der Waals surface area contributed by atoms with Crippen LogP contribution in [-0.2, 0) is 9.47 Å². The third-order valence-electron chi connectivity index (χ3n) is 4.71. The molecule has 140 valence electrons. The maximum Gasteiger partial charge on any atom is 0.232 e. The van der Waals surface area contributed by atoms with Crippen molar-refractivity contribution in [2.45, 2.75) is 6.29 Å². The minimum Gasteiger partial charge on any atom is -0.437 e. The molecular weight excluding hydrogens is 354 g/mol. The largest absolute Gasteiger partial charge is 0.437 e. The molecule has 3 heterocycles. The Labute approximate surface area is 162 Å². The zero-order valence-corrected chi connectivity index (χ0v) is 15.2. The van der Waals surface area contributed by atoms with Gasteiger partial charge in [-0.25, -0.2) is 9.97 Å². The van der Waals surface area contributed by atoms with E-state index in [4.69, 9.17) is 13.9 Å². The summed E-state index contributed by atoms with van der Waals surface area (Å²) in [6.45, 7) is 1.74. The van der Waals surface area contributed by atoms with Crippen molar-refractivity contribution in [3.8, 4) is 22.5 Å². The number of ether oxygens (including phenoxy) is 2. The van der Waals surface area contributed by atoms with Gasteiger partial charge in [-0.15, -0.1) is 0 Å². The van der Waals surface area contributed by atoms with Crippen LogP contribution < -0.4 is 5.32 Å². The van der Waals surface area contributed by atoms with Crippen LogP contribution in [0.3, 0.4) is 0 Å². The van der Waals surface area contributed by atoms with Gasteiger partial charge < -0.3 is 19.2 Å². The zero-order chi connectivity index (χ0) is 18.8. The monoisotopic (exact) mass is 373 g/mol. The molecule has 1 saturated heterocycles. The van der Waals surface area contributed by atoms with Crippen molar-refractivity contribution in [3.63, 3.8) is 0 Å². The fourth-order valence-electron chi connectivity index (χ4n) is 3.45. The van der Waals surface area contributed by atoms with E-state index in [-0.39, 0.29) is 6.29 Å². The van der Waals surface area contributed by atoms with Crippen molar-refractivity contribution in [1.82, 2.24) is 9.97 Å². The van der Waals surface area contributed by atoms with Crippen molar-refractivity contribution in [1.29, 1.82) is 0 Å². The Balaban J connectivity index is 1.67. The number of hydrogen-bond acceptors (Lipinski definition) is 6. The first kappa shape index (κ1) is 16.9. The Morgan fingerprint density at radius 1 is 0.857 bits per heavy atom. The van der Waals surface area contributed by atoms with E-state index in [0.717, 1.165) is 27.8 Å². The van der Waals surface area contributed by atoms with Crippen molar-refractivity contribution in [2.24, 2.45) is 0 Å². The topological polar surface area (TPSA) is 69.4 Å². The van der Waals surface area contributed by atoms with Gasteiger partial charge in [0.05, 0.1) is 25.1 Å². The second kappa shape index (κ2) is 7.42. The van der Waals surface area contributed by atoms with Gasteiger partial charge >= 0.3 is 0 Å². The van der Waals surface area contributed by atoms with Crippen LogP contribution >= 0.6 is 0 Å². The first-order chi connectivity index (χ1) is 13.9. The van der Waals surface area contributed by atoms with Crippen LogP contribution in [0.2, 0.25) is 0 Å². The molecule has 0 atom stereocenters. The fourth-order valence-corrected chi connectivity index (χ4v) is 3.45. The van der Waals surface area contributed by atoms with Gasteiger partial charge in [-0.1, -0.05) is 60.7 Å². The predicted molar refractivity (Wildman–Crippen MR) is 107 cm³/mol. The molecular formula is C22H19N3O3. The number of anilines is 1. The Hall–Kier alpha value is -3.22. The second-order valence-corrected chi connectivity index (χ2v) is 6.49. The van der Waals surface area contributed by atoms with Crippen molar-refractivity contribution in [3.05, 3.63) is 67.0 Å². The van der Waals surface area contributed by atoms with Gasteiger partial charge in [-0.2, -0.15) is 0 Å². The number of fused-ring (bicyclic) bond motifs is 1. The summed E-state index contributed by atoms with van der Waals surface area (Å²) < 4.78 is 17.2. The number of hydrogen-bond donors (Lipinski definition) is 1. The van der Waals surface area contributed by atoms with Gasteiger partial charge in [0.25, 0.3) is 0 Å². The van der Waals surface area contributed by atoms with Gasteiger partial charge in [0.15, 0.2) is 6.29 Å². The SMILES string of the molecule is c1ccc(-c2oc3ncnc(NCC4OCCO4)c3c2-c2ccccc2)cc1. The van der Waals surface area contributed by atoms with E-state index in [0.29, 0.717) is 31.3 Å². The number of furan rings is 1. The summed E-state index contributed by atoms with van der Waals surface area (Å²) in [6, 6.07) is 20.2. The number of rotatable bonds is 5. The third kappa shape index (κ3) is 3.13. The Morgan fingerprint density at radius 2 is 1.54 bits per heavy atom. The lowest BCUT2D eigenvalue weighted by atomic mass is 9.99. The number of nitrogens with one attached hydrogen (secondary N) is 1. The van der Waals surface area contributed by atoms with Crippen molar-refractivity contribution < 1.29 is 13.9 Å². The van der Waals surface area contributed by atoms with Crippen LogP contribution in [0.4, 0.5) is 5.82 Å². The molecule has 0 unspecified atom stereocenters. The van der Waals surface area contributed by atoms with E-state index in [1.807, 2.05) is 48.5 Å². The highest BCUT2D eigenvalue weighted by molar-refractivity contribution is 6.05. The Bertz CT molecular complexity index is 1070. The van der Waals surface area contributed by atoms with Crippen LogP contribution in [0, 0.1) is 0 Å². The molecule has 1 fully saturated rings. The number of benzene rings is 2. The zero-order valence-electron chi connectivity index (χ0n) is 15.2. The highest BCUT2D eigenvalue weighted by Gasteiger charge is 2.23. The van der Waals surface area contributed by atoms with E-state index < -0.39 is 0 Å². The lowest BCUT2D eigenvalue weighted by molar-refractivity contribution is -0.0299. The molecule has 0 spiro atoms. The van der Waals surface area contributed by atoms with Crippen molar-refractivity contribution >= 4 is 16.9 Å². The maximum absolute atomic E-state index is 6.20. The van der Waals surface area contributed by atoms with Crippen LogP contribution in [0.25, 0.3) is 33.6 Å². The number of nitrogens with zero attached hydrogens (tertiary/aromatic N) is 2. The van der Waals surface area contributed by atoms with E-state index >= 15 is 0 Å². The normalized spacial score (nSPS) is 14.6. The highest BCUT2D eigenvalue weighted by atomic mass is 16.7. The molecule has 2 aromatic heterocycles. The molecule has 0 saturated carbocycles. The summed E-state index contributed by atoms with van der Waals surface area (Å²) in [5.41, 5.74) is 3.56. The van der Waals surface area contributed by atoms with Crippen LogP contribution in [0.5, 0.6) is 0 Å². The molecule has 1 aliphatic rings. The molecule has 0 bridgehead atoms. The maximum atomic E-state index is 6.20. The molecule has 4 aromatic rings. The lowest BCUT2D eigenvalue weighted by Crippen LogP contribution is -2.20. The van der Waals surface area contributed by atoms with Gasteiger partial charge in [0.1, 0.15) is 17.9 Å². The highest BCUT2D eigenvalue weighted by Crippen LogP contribution is 2.42. The van der Waals surface area contributed by atoms with E-state index in [9.17, 15) is 0 Å². The minimum atomic E-state index is -0.273. The van der Waals surface area contributed by atoms with Crippen LogP contribution in [0.1, 0.15) is 0 Å². The molecule has 6 nitrogen and oxygen atoms in total. The summed E-state index contributed by atoms with van der Waals surface area (Å²) in [6.07, 6.45) is 1.24. The minimum absolute atomic E-state index is 0.273. The van der Waals surface area contributed by atoms with Gasteiger partial charge in [-0.05, 0) is 5.56 Å². The molecule has 5 rings (SSSR count). The van der Waals surface area contributed by atoms with Gasteiger partial charge in [0, 0.05) is 11.1 Å². The summed E-state index contributed by atoms with van der Waals surface area (Å²) in [5, 5.41) is 4.20. The standard InChI is InChI=1S/C22H19N3O3/c1-3-7-15(8-4-1)18-19-21(23-13-17-26-11-12-27-17)24-14-25-22(19)28-20(18)16-9-5-2-6-10-16/h1-10,14,17H,11-13H2,(H,23,24,25). The molecule has 28 heavy (non-hydrogen) atoms.